The van der Waals surface area contributed by atoms with Gasteiger partial charge in [0.25, 0.3) is 0 Å². The minimum Gasteiger partial charge on any atom is -0.454 e. The van der Waals surface area contributed by atoms with Crippen LogP contribution in [0, 0.1) is 0 Å². The van der Waals surface area contributed by atoms with Gasteiger partial charge in [-0.3, -0.25) is 0 Å². The van der Waals surface area contributed by atoms with Gasteiger partial charge in [-0.2, -0.15) is 0 Å². The Morgan fingerprint density at radius 3 is 2.88 bits per heavy atom. The van der Waals surface area contributed by atoms with Crippen molar-refractivity contribution in [3.8, 4) is 0 Å². The fourth-order valence-corrected chi connectivity index (χ4v) is 1.73. The van der Waals surface area contributed by atoms with E-state index in [-0.39, 0.29) is 6.03 Å². The number of carbonyl (C=O) groups excluding carboxylic acids is 1. The number of hydrogen-bond donors (Lipinski definition) is 2. The zero-order valence-corrected chi connectivity index (χ0v) is 11.5. The fraction of sp³-hybridized carbons (Fsp3) is 0.545. The molecule has 1 heterocycles. The van der Waals surface area contributed by atoms with Crippen LogP contribution in [0.5, 0.6) is 0 Å². The minimum atomic E-state index is -0.522. The van der Waals surface area contributed by atoms with Crippen LogP contribution in [-0.4, -0.2) is 42.3 Å². The molecule has 0 aliphatic heterocycles. The Labute approximate surface area is 109 Å². The maximum absolute atomic E-state index is 11.5. The van der Waals surface area contributed by atoms with Gasteiger partial charge in [0.2, 0.25) is 0 Å². The van der Waals surface area contributed by atoms with Crippen molar-refractivity contribution < 1.29 is 14.3 Å². The molecule has 6 heteroatoms. The predicted molar refractivity (Wildman–Crippen MR) is 67.8 cm³/mol. The van der Waals surface area contributed by atoms with Crippen LogP contribution < -0.4 is 5.32 Å². The number of rotatable bonds is 5. The number of aliphatic hydroxyl groups is 1. The first kappa shape index (κ1) is 14.1. The molecule has 2 N–H and O–H groups in total. The molecule has 0 aliphatic rings. The monoisotopic (exact) mass is 304 g/mol. The van der Waals surface area contributed by atoms with Crippen LogP contribution in [-0.2, 0) is 6.42 Å². The molecule has 0 fully saturated rings. The third-order valence-corrected chi connectivity index (χ3v) is 2.59. The highest BCUT2D eigenvalue weighted by atomic mass is 79.9. The number of aliphatic hydroxyl groups excluding tert-OH is 1. The lowest BCUT2D eigenvalue weighted by atomic mass is 10.3. The normalized spacial score (nSPS) is 12.2. The molecule has 0 saturated carbocycles. The molecular weight excluding hydrogens is 288 g/mol. The Hall–Kier alpha value is -1.01. The molecule has 1 atom stereocenters. The van der Waals surface area contributed by atoms with Crippen molar-refractivity contribution in [1.29, 1.82) is 0 Å². The summed E-state index contributed by atoms with van der Waals surface area (Å²) in [6.07, 6.45) is 0.117. The standard InChI is InChI=1S/C11H17BrN2O3/c1-8(15)7-14(2)11(16)13-6-5-9-3-4-10(12)17-9/h3-4,8,15H,5-7H2,1-2H3,(H,13,16). The minimum absolute atomic E-state index is 0.198. The topological polar surface area (TPSA) is 65.7 Å². The van der Waals surface area contributed by atoms with Crippen LogP contribution in [0.4, 0.5) is 4.79 Å². The Balaban J connectivity index is 2.24. The Morgan fingerprint density at radius 2 is 2.35 bits per heavy atom. The fourth-order valence-electron chi connectivity index (χ4n) is 1.39. The zero-order valence-electron chi connectivity index (χ0n) is 9.94. The smallest absolute Gasteiger partial charge is 0.317 e. The molecule has 0 saturated heterocycles. The quantitative estimate of drug-likeness (QED) is 0.868. The number of furan rings is 1. The second kappa shape index (κ2) is 6.66. The first-order valence-electron chi connectivity index (χ1n) is 5.40. The van der Waals surface area contributed by atoms with Crippen molar-refractivity contribution in [2.75, 3.05) is 20.1 Å². The number of hydrogen-bond acceptors (Lipinski definition) is 3. The summed E-state index contributed by atoms with van der Waals surface area (Å²) in [5.74, 6) is 0.815. The van der Waals surface area contributed by atoms with E-state index in [1.165, 1.54) is 4.90 Å². The molecular formula is C11H17BrN2O3. The van der Waals surface area contributed by atoms with Gasteiger partial charge < -0.3 is 19.7 Å². The summed E-state index contributed by atoms with van der Waals surface area (Å²) in [6.45, 7) is 2.46. The summed E-state index contributed by atoms with van der Waals surface area (Å²) in [4.78, 5) is 13.0. The summed E-state index contributed by atoms with van der Waals surface area (Å²) >= 11 is 3.21. The van der Waals surface area contributed by atoms with E-state index in [0.29, 0.717) is 24.2 Å². The number of amides is 2. The molecule has 1 aromatic heterocycles. The highest BCUT2D eigenvalue weighted by Crippen LogP contribution is 2.13. The SMILES string of the molecule is CC(O)CN(C)C(=O)NCCc1ccc(Br)o1. The van der Waals surface area contributed by atoms with E-state index in [2.05, 4.69) is 21.2 Å². The average Bonchev–Trinajstić information content (AvgIpc) is 2.63. The van der Waals surface area contributed by atoms with Crippen LogP contribution in [0.25, 0.3) is 0 Å². The maximum Gasteiger partial charge on any atom is 0.317 e. The summed E-state index contributed by atoms with van der Waals surface area (Å²) in [5, 5.41) is 11.9. The van der Waals surface area contributed by atoms with E-state index in [1.807, 2.05) is 12.1 Å². The van der Waals surface area contributed by atoms with Crippen molar-refractivity contribution in [3.63, 3.8) is 0 Å². The van der Waals surface area contributed by atoms with E-state index < -0.39 is 6.10 Å². The number of halogens is 1. The van der Waals surface area contributed by atoms with Gasteiger partial charge in [0.15, 0.2) is 4.67 Å². The number of urea groups is 1. The molecule has 5 nitrogen and oxygen atoms in total. The van der Waals surface area contributed by atoms with Gasteiger partial charge in [0.1, 0.15) is 5.76 Å². The number of nitrogens with zero attached hydrogens (tertiary/aromatic N) is 1. The van der Waals surface area contributed by atoms with E-state index in [0.717, 1.165) is 5.76 Å². The van der Waals surface area contributed by atoms with Gasteiger partial charge >= 0.3 is 6.03 Å². The zero-order chi connectivity index (χ0) is 12.8. The second-order valence-corrected chi connectivity index (χ2v) is 4.70. The highest BCUT2D eigenvalue weighted by Gasteiger charge is 2.10. The second-order valence-electron chi connectivity index (χ2n) is 3.92. The summed E-state index contributed by atoms with van der Waals surface area (Å²) < 4.78 is 5.99. The van der Waals surface area contributed by atoms with Gasteiger partial charge in [0.05, 0.1) is 6.10 Å². The van der Waals surface area contributed by atoms with Gasteiger partial charge in [-0.25, -0.2) is 4.79 Å². The molecule has 2 amide bonds. The third kappa shape index (κ3) is 5.23. The summed E-state index contributed by atoms with van der Waals surface area (Å²) in [6, 6.07) is 3.48. The molecule has 0 aliphatic carbocycles. The van der Waals surface area contributed by atoms with Crippen molar-refractivity contribution in [1.82, 2.24) is 10.2 Å². The number of nitrogens with one attached hydrogen (secondary N) is 1. The van der Waals surface area contributed by atoms with Gasteiger partial charge in [-0.15, -0.1) is 0 Å². The van der Waals surface area contributed by atoms with Crippen molar-refractivity contribution in [2.24, 2.45) is 0 Å². The van der Waals surface area contributed by atoms with Gasteiger partial charge in [-0.1, -0.05) is 0 Å². The lowest BCUT2D eigenvalue weighted by molar-refractivity contribution is 0.144. The largest absolute Gasteiger partial charge is 0.454 e. The molecule has 0 bridgehead atoms. The predicted octanol–water partition coefficient (Wildman–Crippen LogP) is 1.61. The first-order valence-corrected chi connectivity index (χ1v) is 6.19. The Kier molecular flexibility index (Phi) is 5.50. The highest BCUT2D eigenvalue weighted by molar-refractivity contribution is 9.10. The van der Waals surface area contributed by atoms with E-state index >= 15 is 0 Å². The van der Waals surface area contributed by atoms with E-state index in [1.54, 1.807) is 14.0 Å². The molecule has 1 unspecified atom stereocenters. The first-order chi connectivity index (χ1) is 7.99. The average molecular weight is 305 g/mol. The van der Waals surface area contributed by atoms with Crippen LogP contribution >= 0.6 is 15.9 Å². The Bertz CT molecular complexity index is 365. The molecule has 0 radical (unpaired) electrons. The van der Waals surface area contributed by atoms with Crippen molar-refractivity contribution >= 4 is 22.0 Å². The molecule has 17 heavy (non-hydrogen) atoms. The Morgan fingerprint density at radius 1 is 1.65 bits per heavy atom. The molecule has 96 valence electrons. The van der Waals surface area contributed by atoms with Crippen molar-refractivity contribution in [2.45, 2.75) is 19.4 Å². The molecule has 1 aromatic rings. The summed E-state index contributed by atoms with van der Waals surface area (Å²) in [7, 11) is 1.64. The lowest BCUT2D eigenvalue weighted by Gasteiger charge is -2.19. The van der Waals surface area contributed by atoms with E-state index in [4.69, 9.17) is 9.52 Å². The molecule has 0 spiro atoms. The van der Waals surface area contributed by atoms with Gasteiger partial charge in [0, 0.05) is 26.6 Å². The molecule has 0 aromatic carbocycles. The van der Waals surface area contributed by atoms with Crippen LogP contribution in [0.15, 0.2) is 21.2 Å². The maximum atomic E-state index is 11.5. The third-order valence-electron chi connectivity index (χ3n) is 2.16. The lowest BCUT2D eigenvalue weighted by Crippen LogP contribution is -2.41. The molecule has 1 rings (SSSR count). The van der Waals surface area contributed by atoms with Gasteiger partial charge in [-0.05, 0) is 35.0 Å². The summed E-state index contributed by atoms with van der Waals surface area (Å²) in [5.41, 5.74) is 0. The number of likely N-dealkylation sites (N-methyl/N-ethyl adjacent to an activating group) is 1. The van der Waals surface area contributed by atoms with Crippen molar-refractivity contribution in [3.05, 3.63) is 22.6 Å². The van der Waals surface area contributed by atoms with Crippen LogP contribution in [0.1, 0.15) is 12.7 Å². The van der Waals surface area contributed by atoms with E-state index in [9.17, 15) is 4.79 Å². The van der Waals surface area contributed by atoms with Crippen LogP contribution in [0.3, 0.4) is 0 Å². The number of carbonyl (C=O) groups is 1. The van der Waals surface area contributed by atoms with Crippen LogP contribution in [0.2, 0.25) is 0 Å².